The van der Waals surface area contributed by atoms with Crippen LogP contribution in [0.25, 0.3) is 10.4 Å². The van der Waals surface area contributed by atoms with E-state index in [-0.39, 0.29) is 37.9 Å². The highest BCUT2D eigenvalue weighted by molar-refractivity contribution is 7.89. The van der Waals surface area contributed by atoms with Crippen LogP contribution in [0.15, 0.2) is 125 Å². The molecule has 1 aliphatic heterocycles. The van der Waals surface area contributed by atoms with Crippen molar-refractivity contribution in [1.29, 1.82) is 0 Å². The molecule has 0 aliphatic carbocycles. The van der Waals surface area contributed by atoms with Crippen molar-refractivity contribution in [2.75, 3.05) is 13.2 Å². The maximum absolute atomic E-state index is 14.4. The van der Waals surface area contributed by atoms with E-state index in [9.17, 15) is 13.9 Å². The quantitative estimate of drug-likeness (QED) is 0.0925. The van der Waals surface area contributed by atoms with Gasteiger partial charge in [-0.05, 0) is 41.3 Å². The third-order valence-corrected chi connectivity index (χ3v) is 9.60. The second kappa shape index (κ2) is 15.1. The van der Waals surface area contributed by atoms with Crippen LogP contribution in [0.4, 0.5) is 0 Å². The molecular formula is C34H36N4O5S. The summed E-state index contributed by atoms with van der Waals surface area (Å²) >= 11 is 0. The molecule has 0 N–H and O–H groups in total. The zero-order valence-corrected chi connectivity index (χ0v) is 25.4. The zero-order valence-electron chi connectivity index (χ0n) is 24.6. The first-order chi connectivity index (χ1) is 21.5. The van der Waals surface area contributed by atoms with Crippen LogP contribution in [-0.4, -0.2) is 50.2 Å². The molecule has 0 saturated carbocycles. The number of hydrogen-bond donors (Lipinski definition) is 0. The van der Waals surface area contributed by atoms with Gasteiger partial charge in [-0.25, -0.2) is 8.42 Å². The van der Waals surface area contributed by atoms with Crippen molar-refractivity contribution in [3.63, 3.8) is 0 Å². The van der Waals surface area contributed by atoms with Gasteiger partial charge in [-0.3, -0.25) is 0 Å². The van der Waals surface area contributed by atoms with E-state index >= 15 is 0 Å². The Morgan fingerprint density at radius 1 is 0.705 bits per heavy atom. The maximum atomic E-state index is 14.4. The SMILES string of the molecule is Cc1ccc(S(=O)(=O)N2[C@H](COCc3ccccc3)[C@@H](OCc3ccccc3)[C@H](OCc3ccccc3)[C@@H]2CN=[N+]=[N-])cc1. The van der Waals surface area contributed by atoms with Gasteiger partial charge in [0.1, 0.15) is 12.2 Å². The van der Waals surface area contributed by atoms with Crippen molar-refractivity contribution in [3.8, 4) is 0 Å². The molecular weight excluding hydrogens is 576 g/mol. The summed E-state index contributed by atoms with van der Waals surface area (Å²) in [5.41, 5.74) is 13.1. The molecule has 4 aromatic rings. The molecule has 1 fully saturated rings. The molecule has 4 atom stereocenters. The van der Waals surface area contributed by atoms with Gasteiger partial charge in [0.15, 0.2) is 0 Å². The summed E-state index contributed by atoms with van der Waals surface area (Å²) in [5.74, 6) is 0. The molecule has 0 radical (unpaired) electrons. The fraction of sp³-hybridized carbons (Fsp3) is 0.294. The van der Waals surface area contributed by atoms with Crippen molar-refractivity contribution < 1.29 is 22.6 Å². The molecule has 0 unspecified atom stereocenters. The molecule has 10 heteroatoms. The lowest BCUT2D eigenvalue weighted by Crippen LogP contribution is -2.47. The Labute approximate surface area is 258 Å². The average Bonchev–Trinajstić information content (AvgIpc) is 3.35. The number of rotatable bonds is 14. The van der Waals surface area contributed by atoms with Crippen molar-refractivity contribution in [3.05, 3.63) is 148 Å². The first-order valence-corrected chi connectivity index (χ1v) is 15.9. The summed E-state index contributed by atoms with van der Waals surface area (Å²) in [7, 11) is -4.10. The van der Waals surface area contributed by atoms with Crippen molar-refractivity contribution >= 4 is 10.0 Å². The molecule has 228 valence electrons. The van der Waals surface area contributed by atoms with E-state index in [1.54, 1.807) is 24.3 Å². The highest BCUT2D eigenvalue weighted by Crippen LogP contribution is 2.37. The van der Waals surface area contributed by atoms with Crippen molar-refractivity contribution in [2.45, 2.75) is 55.9 Å². The Bertz CT molecular complexity index is 1620. The van der Waals surface area contributed by atoms with Gasteiger partial charge in [-0.15, -0.1) is 0 Å². The second-order valence-corrected chi connectivity index (χ2v) is 12.6. The van der Waals surface area contributed by atoms with Crippen LogP contribution in [0.5, 0.6) is 0 Å². The highest BCUT2D eigenvalue weighted by atomic mass is 32.2. The van der Waals surface area contributed by atoms with Crippen molar-refractivity contribution in [2.24, 2.45) is 5.11 Å². The lowest BCUT2D eigenvalue weighted by Gasteiger charge is -2.30. The summed E-state index contributed by atoms with van der Waals surface area (Å²) in [4.78, 5) is 3.11. The number of hydrogen-bond acceptors (Lipinski definition) is 6. The normalized spacial score (nSPS) is 20.3. The smallest absolute Gasteiger partial charge is 0.243 e. The standard InChI is InChI=1S/C34H36N4O5S/c1-26-17-19-30(20-18-26)44(39,40)38-31(21-36-37-35)33(42-23-28-13-7-3-8-14-28)34(43-24-29-15-9-4-10-16-29)32(38)25-41-22-27-11-5-2-6-12-27/h2-20,31-34H,21-25H2,1H3/t31-,32+,33+,34+/m0/s1. The predicted molar refractivity (Wildman–Crippen MR) is 168 cm³/mol. The lowest BCUT2D eigenvalue weighted by molar-refractivity contribution is -0.0855. The Morgan fingerprint density at radius 2 is 1.18 bits per heavy atom. The summed E-state index contributed by atoms with van der Waals surface area (Å²) in [5, 5.41) is 3.84. The fourth-order valence-electron chi connectivity index (χ4n) is 5.45. The Hall–Kier alpha value is -4.02. The van der Waals surface area contributed by atoms with E-state index in [4.69, 9.17) is 14.2 Å². The number of nitrogens with zero attached hydrogens (tertiary/aromatic N) is 4. The molecule has 0 spiro atoms. The van der Waals surface area contributed by atoms with Crippen LogP contribution in [-0.2, 0) is 44.1 Å². The predicted octanol–water partition coefficient (Wildman–Crippen LogP) is 6.43. The molecule has 44 heavy (non-hydrogen) atoms. The number of azide groups is 1. The summed E-state index contributed by atoms with van der Waals surface area (Å²) in [6.45, 7) is 2.55. The molecule has 4 aromatic carbocycles. The number of ether oxygens (including phenoxy) is 3. The largest absolute Gasteiger partial charge is 0.375 e. The van der Waals surface area contributed by atoms with Gasteiger partial charge in [-0.2, -0.15) is 4.31 Å². The molecule has 0 bridgehead atoms. The van der Waals surface area contributed by atoms with Gasteiger partial charge >= 0.3 is 0 Å². The number of aryl methyl sites for hydroxylation is 1. The minimum absolute atomic E-state index is 0.0391. The van der Waals surface area contributed by atoms with E-state index in [1.807, 2.05) is 97.9 Å². The third-order valence-electron chi connectivity index (χ3n) is 7.64. The van der Waals surface area contributed by atoms with Crippen LogP contribution in [0.2, 0.25) is 0 Å². The lowest BCUT2D eigenvalue weighted by atomic mass is 10.1. The first-order valence-electron chi connectivity index (χ1n) is 14.5. The van der Waals surface area contributed by atoms with E-state index < -0.39 is 34.3 Å². The molecule has 1 heterocycles. The van der Waals surface area contributed by atoms with Gasteiger partial charge in [0.05, 0.1) is 43.4 Å². The Morgan fingerprint density at radius 3 is 1.68 bits per heavy atom. The van der Waals surface area contributed by atoms with Crippen LogP contribution in [0, 0.1) is 6.92 Å². The molecule has 0 aromatic heterocycles. The van der Waals surface area contributed by atoms with Gasteiger partial charge in [0.2, 0.25) is 10.0 Å². The van der Waals surface area contributed by atoms with E-state index in [0.29, 0.717) is 0 Å². The monoisotopic (exact) mass is 612 g/mol. The fourth-order valence-corrected chi connectivity index (χ4v) is 7.26. The van der Waals surface area contributed by atoms with Gasteiger partial charge < -0.3 is 14.2 Å². The van der Waals surface area contributed by atoms with Crippen LogP contribution in [0.3, 0.4) is 0 Å². The van der Waals surface area contributed by atoms with E-state index in [2.05, 4.69) is 10.0 Å². The average molecular weight is 613 g/mol. The van der Waals surface area contributed by atoms with Crippen molar-refractivity contribution in [1.82, 2.24) is 4.31 Å². The summed E-state index contributed by atoms with van der Waals surface area (Å²) in [6.07, 6.45) is -1.48. The minimum Gasteiger partial charge on any atom is -0.375 e. The molecule has 1 saturated heterocycles. The number of benzene rings is 4. The van der Waals surface area contributed by atoms with Gasteiger partial charge in [0, 0.05) is 11.5 Å². The van der Waals surface area contributed by atoms with Crippen LogP contribution in [0.1, 0.15) is 22.3 Å². The Balaban J connectivity index is 1.54. The highest BCUT2D eigenvalue weighted by Gasteiger charge is 2.55. The molecule has 1 aliphatic rings. The Kier molecular flexibility index (Phi) is 10.8. The number of sulfonamides is 1. The van der Waals surface area contributed by atoms with Crippen LogP contribution < -0.4 is 0 Å². The topological polar surface area (TPSA) is 114 Å². The van der Waals surface area contributed by atoms with Gasteiger partial charge in [0.25, 0.3) is 0 Å². The maximum Gasteiger partial charge on any atom is 0.243 e. The summed E-state index contributed by atoms with van der Waals surface area (Å²) < 4.78 is 49.5. The van der Waals surface area contributed by atoms with E-state index in [1.165, 1.54) is 4.31 Å². The van der Waals surface area contributed by atoms with E-state index in [0.717, 1.165) is 22.3 Å². The van der Waals surface area contributed by atoms with Crippen LogP contribution >= 0.6 is 0 Å². The molecule has 9 nitrogen and oxygen atoms in total. The molecule has 5 rings (SSSR count). The first kappa shape index (κ1) is 31.4. The molecule has 0 amide bonds. The minimum atomic E-state index is -4.10. The second-order valence-electron chi connectivity index (χ2n) is 10.7. The summed E-state index contributed by atoms with van der Waals surface area (Å²) in [6, 6.07) is 34.1. The third kappa shape index (κ3) is 7.73. The zero-order chi connectivity index (χ0) is 30.8. The van der Waals surface area contributed by atoms with Gasteiger partial charge in [-0.1, -0.05) is 114 Å².